The molecule has 0 N–H and O–H groups in total. The van der Waals surface area contributed by atoms with E-state index in [0.29, 0.717) is 19.3 Å². The number of hydrogen-bond donors (Lipinski definition) is 0. The van der Waals surface area contributed by atoms with Crippen LogP contribution in [0, 0.1) is 0 Å². The third kappa shape index (κ3) is 46.7. The molecule has 0 spiro atoms. The predicted molar refractivity (Wildman–Crippen MR) is 260 cm³/mol. The van der Waals surface area contributed by atoms with Gasteiger partial charge in [-0.25, -0.2) is 0 Å². The van der Waals surface area contributed by atoms with Crippen molar-refractivity contribution in [1.82, 2.24) is 0 Å². The maximum Gasteiger partial charge on any atom is 0.306 e. The van der Waals surface area contributed by atoms with Gasteiger partial charge in [-0.1, -0.05) is 232 Å². The van der Waals surface area contributed by atoms with E-state index in [0.717, 1.165) is 77.0 Å². The Hall–Kier alpha value is -4.19. The number of esters is 3. The molecule has 0 radical (unpaired) electrons. The second kappa shape index (κ2) is 48.5. The summed E-state index contributed by atoms with van der Waals surface area (Å²) in [5.41, 5.74) is 0. The van der Waals surface area contributed by atoms with Gasteiger partial charge < -0.3 is 14.2 Å². The number of hydrogen-bond acceptors (Lipinski definition) is 6. The van der Waals surface area contributed by atoms with Gasteiger partial charge in [0, 0.05) is 19.3 Å². The van der Waals surface area contributed by atoms with Gasteiger partial charge in [-0.15, -0.1) is 0 Å². The van der Waals surface area contributed by atoms with Crippen molar-refractivity contribution in [2.24, 2.45) is 0 Å². The molecule has 61 heavy (non-hydrogen) atoms. The fourth-order valence-corrected chi connectivity index (χ4v) is 6.13. The Balaban J connectivity index is 4.57. The van der Waals surface area contributed by atoms with Crippen LogP contribution in [0.15, 0.2) is 122 Å². The van der Waals surface area contributed by atoms with Crippen LogP contribution in [0.3, 0.4) is 0 Å². The number of carbonyl (C=O) groups is 3. The summed E-state index contributed by atoms with van der Waals surface area (Å²) < 4.78 is 16.7. The number of carbonyl (C=O) groups excluding carboxylic acids is 3. The molecule has 0 saturated heterocycles. The lowest BCUT2D eigenvalue weighted by Crippen LogP contribution is -2.30. The van der Waals surface area contributed by atoms with E-state index < -0.39 is 6.10 Å². The Bertz CT molecular complexity index is 1340. The number of rotatable bonds is 41. The van der Waals surface area contributed by atoms with Gasteiger partial charge in [-0.2, -0.15) is 0 Å². The highest BCUT2D eigenvalue weighted by molar-refractivity contribution is 5.71. The SMILES string of the molecule is CC\C=C/C=C\C=C/C=C\C=C/CCCCCC(=O)OCC(COC(=O)CCCCCCCCCCCCCCC)OC(=O)CCCCC\C=C/C=C\C=C/C=C\C=C/CC. The van der Waals surface area contributed by atoms with Crippen molar-refractivity contribution in [3.63, 3.8) is 0 Å². The van der Waals surface area contributed by atoms with Crippen LogP contribution in [0.1, 0.15) is 188 Å². The largest absolute Gasteiger partial charge is 0.462 e. The van der Waals surface area contributed by atoms with Gasteiger partial charge in [-0.3, -0.25) is 14.4 Å². The predicted octanol–water partition coefficient (Wildman–Crippen LogP) is 15.7. The molecule has 0 aromatic rings. The van der Waals surface area contributed by atoms with Crippen LogP contribution in [0.5, 0.6) is 0 Å². The summed E-state index contributed by atoms with van der Waals surface area (Å²) in [4.78, 5) is 37.9. The molecule has 0 aliphatic carbocycles. The van der Waals surface area contributed by atoms with Gasteiger partial charge in [0.05, 0.1) is 0 Å². The molecular weight excluding hydrogens is 757 g/mol. The zero-order chi connectivity index (χ0) is 44.4. The van der Waals surface area contributed by atoms with Crippen LogP contribution in [0.2, 0.25) is 0 Å². The van der Waals surface area contributed by atoms with Crippen molar-refractivity contribution in [2.75, 3.05) is 13.2 Å². The standard InChI is InChI=1S/C55H86O6/c1-4-7-10-13-16-19-22-25-27-30-33-36-39-42-45-48-54(57)60-51-52(50-59-53(56)47-44-41-38-35-32-29-24-21-18-15-12-9-6-3)61-55(58)49-46-43-40-37-34-31-28-26-23-20-17-14-11-8-5-2/h7-8,10-11,13-14,16-17,19-20,22-23,25-28,30-31,33-34,52H,4-6,9,12,15,18,21,24,29,32,35-51H2,1-3H3/b10-7-,11-8-,16-13-,17-14-,22-19-,23-20-,27-25-,28-26-,33-30-,34-31-. The third-order valence-corrected chi connectivity index (χ3v) is 9.72. The summed E-state index contributed by atoms with van der Waals surface area (Å²) in [5, 5.41) is 0. The molecule has 0 aromatic carbocycles. The molecule has 0 aliphatic heterocycles. The zero-order valence-electron chi connectivity index (χ0n) is 38.9. The van der Waals surface area contributed by atoms with E-state index in [4.69, 9.17) is 14.2 Å². The molecule has 0 fully saturated rings. The van der Waals surface area contributed by atoms with E-state index in [2.05, 4.69) is 45.1 Å². The Morgan fingerprint density at radius 3 is 1.00 bits per heavy atom. The first-order chi connectivity index (χ1) is 30.0. The van der Waals surface area contributed by atoms with Crippen molar-refractivity contribution in [3.8, 4) is 0 Å². The van der Waals surface area contributed by atoms with Gasteiger partial charge in [0.15, 0.2) is 6.10 Å². The second-order valence-corrected chi connectivity index (χ2v) is 15.5. The maximum atomic E-state index is 12.8. The Morgan fingerprint density at radius 1 is 0.344 bits per heavy atom. The van der Waals surface area contributed by atoms with Crippen LogP contribution in [0.25, 0.3) is 0 Å². The van der Waals surface area contributed by atoms with Crippen LogP contribution in [-0.4, -0.2) is 37.2 Å². The van der Waals surface area contributed by atoms with Gasteiger partial charge in [0.1, 0.15) is 13.2 Å². The Labute approximate surface area is 373 Å². The second-order valence-electron chi connectivity index (χ2n) is 15.5. The minimum atomic E-state index is -0.818. The first kappa shape index (κ1) is 56.8. The highest BCUT2D eigenvalue weighted by atomic mass is 16.6. The van der Waals surface area contributed by atoms with E-state index >= 15 is 0 Å². The van der Waals surface area contributed by atoms with Crippen LogP contribution in [-0.2, 0) is 28.6 Å². The summed E-state index contributed by atoms with van der Waals surface area (Å²) in [6, 6.07) is 0. The molecule has 0 saturated carbocycles. The molecule has 1 unspecified atom stereocenters. The van der Waals surface area contributed by atoms with E-state index in [1.165, 1.54) is 64.2 Å². The van der Waals surface area contributed by atoms with Gasteiger partial charge in [0.2, 0.25) is 0 Å². The molecule has 0 bridgehead atoms. The Morgan fingerprint density at radius 2 is 0.639 bits per heavy atom. The molecule has 0 aromatic heterocycles. The van der Waals surface area contributed by atoms with Crippen molar-refractivity contribution < 1.29 is 28.6 Å². The summed E-state index contributed by atoms with van der Waals surface area (Å²) in [6.45, 7) is 6.25. The van der Waals surface area contributed by atoms with Gasteiger partial charge in [0.25, 0.3) is 0 Å². The lowest BCUT2D eigenvalue weighted by atomic mass is 10.0. The lowest BCUT2D eigenvalue weighted by molar-refractivity contribution is -0.167. The molecule has 0 aliphatic rings. The number of ether oxygens (including phenoxy) is 3. The van der Waals surface area contributed by atoms with E-state index in [1.54, 1.807) is 0 Å². The third-order valence-electron chi connectivity index (χ3n) is 9.72. The van der Waals surface area contributed by atoms with Gasteiger partial charge in [-0.05, 0) is 57.8 Å². The van der Waals surface area contributed by atoms with Crippen molar-refractivity contribution in [3.05, 3.63) is 122 Å². The summed E-state index contributed by atoms with van der Waals surface area (Å²) in [7, 11) is 0. The highest BCUT2D eigenvalue weighted by Crippen LogP contribution is 2.14. The monoisotopic (exact) mass is 843 g/mol. The topological polar surface area (TPSA) is 78.9 Å². The molecule has 1 atom stereocenters. The fraction of sp³-hybridized carbons (Fsp3) is 0.582. The average molecular weight is 843 g/mol. The van der Waals surface area contributed by atoms with Crippen molar-refractivity contribution in [1.29, 1.82) is 0 Å². The van der Waals surface area contributed by atoms with Crippen LogP contribution >= 0.6 is 0 Å². The minimum absolute atomic E-state index is 0.112. The van der Waals surface area contributed by atoms with Crippen LogP contribution < -0.4 is 0 Å². The van der Waals surface area contributed by atoms with Crippen LogP contribution in [0.4, 0.5) is 0 Å². The van der Waals surface area contributed by atoms with E-state index in [1.807, 2.05) is 97.2 Å². The Kier molecular flexibility index (Phi) is 45.1. The maximum absolute atomic E-state index is 12.8. The summed E-state index contributed by atoms with van der Waals surface area (Å²) in [6.07, 6.45) is 66.0. The number of unbranched alkanes of at least 4 members (excludes halogenated alkanes) is 18. The van der Waals surface area contributed by atoms with Crippen molar-refractivity contribution >= 4 is 17.9 Å². The minimum Gasteiger partial charge on any atom is -0.462 e. The normalized spacial score (nSPS) is 13.2. The first-order valence-corrected chi connectivity index (χ1v) is 24.2. The summed E-state index contributed by atoms with van der Waals surface area (Å²) in [5.74, 6) is -1.01. The smallest absolute Gasteiger partial charge is 0.306 e. The molecule has 6 nitrogen and oxygen atoms in total. The van der Waals surface area contributed by atoms with E-state index in [9.17, 15) is 14.4 Å². The molecule has 0 rings (SSSR count). The molecule has 342 valence electrons. The zero-order valence-corrected chi connectivity index (χ0v) is 38.9. The fourth-order valence-electron chi connectivity index (χ4n) is 6.13. The molecule has 6 heteroatoms. The first-order valence-electron chi connectivity index (χ1n) is 24.2. The molecule has 0 heterocycles. The van der Waals surface area contributed by atoms with Crippen molar-refractivity contribution in [2.45, 2.75) is 194 Å². The van der Waals surface area contributed by atoms with Gasteiger partial charge >= 0.3 is 17.9 Å². The highest BCUT2D eigenvalue weighted by Gasteiger charge is 2.19. The van der Waals surface area contributed by atoms with E-state index in [-0.39, 0.29) is 37.5 Å². The summed E-state index contributed by atoms with van der Waals surface area (Å²) >= 11 is 0. The lowest BCUT2D eigenvalue weighted by Gasteiger charge is -2.18. The molecular formula is C55H86O6. The number of allylic oxidation sites excluding steroid dienone is 20. The molecule has 0 amide bonds. The average Bonchev–Trinajstić information content (AvgIpc) is 3.26. The quantitative estimate of drug-likeness (QED) is 0.0264.